The molecule has 22 heavy (non-hydrogen) atoms. The average Bonchev–Trinajstić information content (AvgIpc) is 2.99. The summed E-state index contributed by atoms with van der Waals surface area (Å²) in [7, 11) is 3.34. The first-order valence-corrected chi connectivity index (χ1v) is 7.36. The number of hydrogen-bond acceptors (Lipinski definition) is 2. The van der Waals surface area contributed by atoms with Crippen molar-refractivity contribution in [2.45, 2.75) is 5.92 Å². The third-order valence-electron chi connectivity index (χ3n) is 4.09. The molecule has 0 bridgehead atoms. The van der Waals surface area contributed by atoms with Crippen LogP contribution in [0.15, 0.2) is 48.7 Å². The van der Waals surface area contributed by atoms with Crippen LogP contribution in [0.4, 0.5) is 0 Å². The van der Waals surface area contributed by atoms with E-state index in [2.05, 4.69) is 41.2 Å². The van der Waals surface area contributed by atoms with E-state index in [-0.39, 0.29) is 5.92 Å². The van der Waals surface area contributed by atoms with Crippen molar-refractivity contribution in [3.63, 3.8) is 0 Å². The van der Waals surface area contributed by atoms with Crippen LogP contribution in [0.25, 0.3) is 10.9 Å². The first kappa shape index (κ1) is 14.5. The largest absolute Gasteiger partial charge is 0.493 e. The first-order valence-electron chi connectivity index (χ1n) is 7.36. The molecule has 1 heterocycles. The first-order chi connectivity index (χ1) is 10.8. The lowest BCUT2D eigenvalue weighted by atomic mass is 9.90. The molecule has 0 aliphatic rings. The monoisotopic (exact) mass is 297 g/mol. The van der Waals surface area contributed by atoms with Crippen LogP contribution in [-0.4, -0.2) is 25.7 Å². The maximum atomic E-state index is 5.60. The molecule has 114 valence electrons. The Morgan fingerprint density at radius 1 is 1.00 bits per heavy atom. The zero-order valence-electron chi connectivity index (χ0n) is 12.9. The maximum Gasteiger partial charge on any atom is 0.164 e. The van der Waals surface area contributed by atoms with Gasteiger partial charge in [0, 0.05) is 22.7 Å². The number of ether oxygens (including phenoxy) is 2. The summed E-state index contributed by atoms with van der Waals surface area (Å²) < 4.78 is 11.0. The number of rotatable bonds is 5. The fourth-order valence-electron chi connectivity index (χ4n) is 3.05. The topological polar surface area (TPSA) is 61.9 Å². The summed E-state index contributed by atoms with van der Waals surface area (Å²) >= 11 is 0. The van der Waals surface area contributed by atoms with E-state index >= 15 is 0 Å². The third kappa shape index (κ3) is 2.31. The van der Waals surface area contributed by atoms with Gasteiger partial charge in [0.25, 0.3) is 0 Å². The highest BCUT2D eigenvalue weighted by Gasteiger charge is 2.23. The summed E-state index contributed by atoms with van der Waals surface area (Å²) in [6.45, 7) is 0.741. The molecular formula is C18H21N2O2+. The van der Waals surface area contributed by atoms with Crippen molar-refractivity contribution in [2.75, 3.05) is 20.8 Å². The Bertz CT molecular complexity index is 780. The van der Waals surface area contributed by atoms with Crippen molar-refractivity contribution in [3.8, 4) is 11.5 Å². The summed E-state index contributed by atoms with van der Waals surface area (Å²) in [6.07, 6.45) is 2.07. The molecule has 0 aliphatic carbocycles. The second kappa shape index (κ2) is 6.12. The molecule has 0 amide bonds. The van der Waals surface area contributed by atoms with Gasteiger partial charge in [-0.25, -0.2) is 0 Å². The fraction of sp³-hybridized carbons (Fsp3) is 0.222. The van der Waals surface area contributed by atoms with E-state index in [1.54, 1.807) is 14.2 Å². The SMILES string of the molecule is COc1cccc([C@H](C[NH3+])c2c[nH]c3ccccc23)c1OC. The van der Waals surface area contributed by atoms with Gasteiger partial charge < -0.3 is 20.2 Å². The second-order valence-corrected chi connectivity index (χ2v) is 5.21. The number of benzene rings is 2. The van der Waals surface area contributed by atoms with Crippen LogP contribution >= 0.6 is 0 Å². The predicted molar refractivity (Wildman–Crippen MR) is 87.4 cm³/mol. The minimum atomic E-state index is 0.154. The highest BCUT2D eigenvalue weighted by atomic mass is 16.5. The lowest BCUT2D eigenvalue weighted by molar-refractivity contribution is -0.370. The molecule has 3 rings (SSSR count). The van der Waals surface area contributed by atoms with Crippen LogP contribution in [0, 0.1) is 0 Å². The number of hydrogen-bond donors (Lipinski definition) is 2. The Kier molecular flexibility index (Phi) is 4.02. The van der Waals surface area contributed by atoms with Crippen LogP contribution in [-0.2, 0) is 0 Å². The summed E-state index contributed by atoms with van der Waals surface area (Å²) in [5.41, 5.74) is 7.61. The summed E-state index contributed by atoms with van der Waals surface area (Å²) in [5, 5.41) is 1.22. The molecule has 0 saturated heterocycles. The van der Waals surface area contributed by atoms with Gasteiger partial charge in [0.05, 0.1) is 26.7 Å². The van der Waals surface area contributed by atoms with Gasteiger partial charge in [-0.15, -0.1) is 0 Å². The van der Waals surface area contributed by atoms with E-state index in [1.807, 2.05) is 18.2 Å². The van der Waals surface area contributed by atoms with Crippen molar-refractivity contribution in [3.05, 3.63) is 59.8 Å². The Morgan fingerprint density at radius 2 is 1.82 bits per heavy atom. The predicted octanol–water partition coefficient (Wildman–Crippen LogP) is 2.56. The lowest BCUT2D eigenvalue weighted by Crippen LogP contribution is -2.53. The Morgan fingerprint density at radius 3 is 2.55 bits per heavy atom. The molecule has 0 spiro atoms. The Labute approximate surface area is 129 Å². The minimum Gasteiger partial charge on any atom is -0.493 e. The molecule has 2 aromatic carbocycles. The molecule has 4 heteroatoms. The third-order valence-corrected chi connectivity index (χ3v) is 4.09. The smallest absolute Gasteiger partial charge is 0.164 e. The van der Waals surface area contributed by atoms with Crippen molar-refractivity contribution in [2.24, 2.45) is 0 Å². The van der Waals surface area contributed by atoms with Crippen molar-refractivity contribution >= 4 is 10.9 Å². The van der Waals surface area contributed by atoms with Gasteiger partial charge in [-0.2, -0.15) is 0 Å². The molecule has 0 aliphatic heterocycles. The van der Waals surface area contributed by atoms with E-state index in [9.17, 15) is 0 Å². The van der Waals surface area contributed by atoms with Crippen molar-refractivity contribution in [1.29, 1.82) is 0 Å². The highest BCUT2D eigenvalue weighted by Crippen LogP contribution is 2.39. The number of quaternary nitrogens is 1. The normalized spacial score (nSPS) is 12.3. The standard InChI is InChI=1S/C18H20N2O2/c1-21-17-9-5-7-13(18(17)22-2)14(10-19)15-11-20-16-8-4-3-6-12(15)16/h3-9,11,14,20H,10,19H2,1-2H3/p+1/t14-/m0/s1. The van der Waals surface area contributed by atoms with Crippen LogP contribution in [0.1, 0.15) is 17.0 Å². The molecule has 0 unspecified atom stereocenters. The van der Waals surface area contributed by atoms with Gasteiger partial charge in [0.2, 0.25) is 0 Å². The van der Waals surface area contributed by atoms with Crippen LogP contribution in [0.3, 0.4) is 0 Å². The molecule has 1 aromatic heterocycles. The fourth-order valence-corrected chi connectivity index (χ4v) is 3.05. The zero-order valence-corrected chi connectivity index (χ0v) is 12.9. The highest BCUT2D eigenvalue weighted by molar-refractivity contribution is 5.84. The summed E-state index contributed by atoms with van der Waals surface area (Å²) in [5.74, 6) is 1.68. The summed E-state index contributed by atoms with van der Waals surface area (Å²) in [6, 6.07) is 14.3. The lowest BCUT2D eigenvalue weighted by Gasteiger charge is -2.18. The maximum absolute atomic E-state index is 5.60. The Balaban J connectivity index is 2.16. The minimum absolute atomic E-state index is 0.154. The summed E-state index contributed by atoms with van der Waals surface area (Å²) in [4.78, 5) is 3.34. The van der Waals surface area contributed by atoms with E-state index in [0.29, 0.717) is 0 Å². The number of para-hydroxylation sites is 2. The van der Waals surface area contributed by atoms with Crippen molar-refractivity contribution < 1.29 is 15.2 Å². The van der Waals surface area contributed by atoms with Crippen LogP contribution < -0.4 is 15.2 Å². The molecular weight excluding hydrogens is 276 g/mol. The molecule has 0 fully saturated rings. The number of fused-ring (bicyclic) bond motifs is 1. The van der Waals surface area contributed by atoms with Gasteiger partial charge in [-0.3, -0.25) is 0 Å². The van der Waals surface area contributed by atoms with Crippen LogP contribution in [0.2, 0.25) is 0 Å². The van der Waals surface area contributed by atoms with E-state index < -0.39 is 0 Å². The van der Waals surface area contributed by atoms with Crippen molar-refractivity contribution in [1.82, 2.24) is 4.98 Å². The number of aromatic amines is 1. The molecule has 0 saturated carbocycles. The molecule has 4 N–H and O–H groups in total. The number of methoxy groups -OCH3 is 2. The molecule has 1 atom stereocenters. The van der Waals surface area contributed by atoms with Crippen LogP contribution in [0.5, 0.6) is 11.5 Å². The van der Waals surface area contributed by atoms with Gasteiger partial charge in [-0.1, -0.05) is 30.3 Å². The number of H-pyrrole nitrogens is 1. The van der Waals surface area contributed by atoms with Gasteiger partial charge in [0.15, 0.2) is 11.5 Å². The van der Waals surface area contributed by atoms with E-state index in [1.165, 1.54) is 10.9 Å². The van der Waals surface area contributed by atoms with E-state index in [0.717, 1.165) is 29.1 Å². The number of aromatic nitrogens is 1. The van der Waals surface area contributed by atoms with Gasteiger partial charge in [-0.05, 0) is 17.7 Å². The van der Waals surface area contributed by atoms with E-state index in [4.69, 9.17) is 9.47 Å². The molecule has 0 radical (unpaired) electrons. The number of nitrogens with one attached hydrogen (secondary N) is 1. The molecule has 3 aromatic rings. The van der Waals surface area contributed by atoms with Gasteiger partial charge in [0.1, 0.15) is 0 Å². The average molecular weight is 297 g/mol. The van der Waals surface area contributed by atoms with Gasteiger partial charge >= 0.3 is 0 Å². The quantitative estimate of drug-likeness (QED) is 0.760. The second-order valence-electron chi connectivity index (χ2n) is 5.21. The zero-order chi connectivity index (χ0) is 15.5. The molecule has 4 nitrogen and oxygen atoms in total. The Hall–Kier alpha value is -2.46.